The van der Waals surface area contributed by atoms with Crippen LogP contribution >= 0.6 is 0 Å². The molecule has 5 nitrogen and oxygen atoms in total. The Kier molecular flexibility index (Phi) is 6.12. The number of likely N-dealkylation sites (N-methyl/N-ethyl adjacent to an activating group) is 1. The summed E-state index contributed by atoms with van der Waals surface area (Å²) in [6.45, 7) is 6.67. The number of nitrogens with one attached hydrogen (secondary N) is 1. The third-order valence-corrected chi connectivity index (χ3v) is 3.33. The van der Waals surface area contributed by atoms with Crippen molar-refractivity contribution in [3.05, 3.63) is 24.0 Å². The lowest BCUT2D eigenvalue weighted by Crippen LogP contribution is -2.43. The summed E-state index contributed by atoms with van der Waals surface area (Å²) >= 11 is 0. The number of amides is 1. The van der Waals surface area contributed by atoms with Gasteiger partial charge in [-0.25, -0.2) is 4.39 Å². The summed E-state index contributed by atoms with van der Waals surface area (Å²) in [5.41, 5.74) is 6.24. The van der Waals surface area contributed by atoms with Gasteiger partial charge in [0.25, 0.3) is 0 Å². The minimum atomic E-state index is -0.448. The maximum absolute atomic E-state index is 13.0. The van der Waals surface area contributed by atoms with E-state index in [1.54, 1.807) is 6.92 Å². The third kappa shape index (κ3) is 4.72. The Hall–Kier alpha value is -2.13. The minimum absolute atomic E-state index is 0.156. The van der Waals surface area contributed by atoms with Crippen molar-refractivity contribution in [3.8, 4) is 6.07 Å². The Morgan fingerprint density at radius 1 is 1.52 bits per heavy atom. The molecule has 0 fully saturated rings. The van der Waals surface area contributed by atoms with Gasteiger partial charge in [0.2, 0.25) is 5.91 Å². The molecule has 0 radical (unpaired) electrons. The molecular formula is C15H21FN4O. The molecule has 0 spiro atoms. The highest BCUT2D eigenvalue weighted by molar-refractivity contribution is 5.97. The van der Waals surface area contributed by atoms with E-state index in [1.165, 1.54) is 12.1 Å². The van der Waals surface area contributed by atoms with Gasteiger partial charge in [-0.05, 0) is 38.6 Å². The summed E-state index contributed by atoms with van der Waals surface area (Å²) in [5.74, 6) is -0.840. The first-order valence-electron chi connectivity index (χ1n) is 6.88. The van der Waals surface area contributed by atoms with E-state index in [0.29, 0.717) is 18.8 Å². The van der Waals surface area contributed by atoms with Gasteiger partial charge in [0.15, 0.2) is 0 Å². The fourth-order valence-corrected chi connectivity index (χ4v) is 2.00. The molecule has 2 unspecified atom stereocenters. The number of carbonyl (C=O) groups excluding carboxylic acids is 1. The number of carbonyl (C=O) groups is 1. The van der Waals surface area contributed by atoms with Crippen LogP contribution in [0.25, 0.3) is 0 Å². The SMILES string of the molecule is CCN(CC(C)C#N)C(C)C(=O)Nc1ccc(F)cc1N. The highest BCUT2D eigenvalue weighted by Gasteiger charge is 2.22. The lowest BCUT2D eigenvalue weighted by Gasteiger charge is -2.27. The van der Waals surface area contributed by atoms with Crippen LogP contribution in [0.1, 0.15) is 20.8 Å². The number of rotatable bonds is 6. The highest BCUT2D eigenvalue weighted by atomic mass is 19.1. The molecule has 0 aliphatic carbocycles. The topological polar surface area (TPSA) is 82.2 Å². The molecule has 114 valence electrons. The maximum Gasteiger partial charge on any atom is 0.241 e. The van der Waals surface area contributed by atoms with E-state index in [9.17, 15) is 9.18 Å². The number of nitrogens with two attached hydrogens (primary N) is 1. The quantitative estimate of drug-likeness (QED) is 0.788. The Morgan fingerprint density at radius 3 is 2.71 bits per heavy atom. The van der Waals surface area contributed by atoms with Crippen LogP contribution in [0.2, 0.25) is 0 Å². The van der Waals surface area contributed by atoms with E-state index in [0.717, 1.165) is 6.07 Å². The van der Waals surface area contributed by atoms with Gasteiger partial charge in [0, 0.05) is 6.54 Å². The monoisotopic (exact) mass is 292 g/mol. The van der Waals surface area contributed by atoms with Gasteiger partial charge < -0.3 is 11.1 Å². The number of hydrogen-bond acceptors (Lipinski definition) is 4. The molecular weight excluding hydrogens is 271 g/mol. The first-order valence-corrected chi connectivity index (χ1v) is 6.88. The summed E-state index contributed by atoms with van der Waals surface area (Å²) in [7, 11) is 0. The second kappa shape index (κ2) is 7.60. The van der Waals surface area contributed by atoms with Crippen molar-refractivity contribution in [2.24, 2.45) is 5.92 Å². The predicted molar refractivity (Wildman–Crippen MR) is 80.9 cm³/mol. The molecule has 1 rings (SSSR count). The van der Waals surface area contributed by atoms with Crippen molar-refractivity contribution < 1.29 is 9.18 Å². The zero-order valence-electron chi connectivity index (χ0n) is 12.6. The molecule has 0 aliphatic heterocycles. The second-order valence-corrected chi connectivity index (χ2v) is 5.01. The highest BCUT2D eigenvalue weighted by Crippen LogP contribution is 2.19. The molecule has 1 aromatic carbocycles. The lowest BCUT2D eigenvalue weighted by molar-refractivity contribution is -0.120. The fraction of sp³-hybridized carbons (Fsp3) is 0.467. The lowest BCUT2D eigenvalue weighted by atomic mass is 10.1. The first kappa shape index (κ1) is 16.9. The Labute approximate surface area is 124 Å². The fourth-order valence-electron chi connectivity index (χ4n) is 2.00. The standard InChI is InChI=1S/C15H21FN4O/c1-4-20(9-10(2)8-17)11(3)15(21)19-14-6-5-12(16)7-13(14)18/h5-7,10-11H,4,9,18H2,1-3H3,(H,19,21). The second-order valence-electron chi connectivity index (χ2n) is 5.01. The summed E-state index contributed by atoms with van der Waals surface area (Å²) in [6.07, 6.45) is 0. The Morgan fingerprint density at radius 2 is 2.19 bits per heavy atom. The van der Waals surface area contributed by atoms with Gasteiger partial charge in [0.05, 0.1) is 29.4 Å². The van der Waals surface area contributed by atoms with Crippen LogP contribution in [-0.2, 0) is 4.79 Å². The van der Waals surface area contributed by atoms with Gasteiger partial charge >= 0.3 is 0 Å². The third-order valence-electron chi connectivity index (χ3n) is 3.33. The molecule has 1 amide bonds. The van der Waals surface area contributed by atoms with Gasteiger partial charge in [-0.1, -0.05) is 6.92 Å². The number of nitrogens with zero attached hydrogens (tertiary/aromatic N) is 2. The molecule has 0 heterocycles. The normalized spacial score (nSPS) is 13.5. The van der Waals surface area contributed by atoms with Crippen molar-refractivity contribution in [2.75, 3.05) is 24.1 Å². The number of benzene rings is 1. The summed E-state index contributed by atoms with van der Waals surface area (Å²) in [4.78, 5) is 14.1. The van der Waals surface area contributed by atoms with E-state index >= 15 is 0 Å². The summed E-state index contributed by atoms with van der Waals surface area (Å²) in [5, 5.41) is 11.6. The number of nitriles is 1. The van der Waals surface area contributed by atoms with Crippen LogP contribution in [0, 0.1) is 23.1 Å². The molecule has 3 N–H and O–H groups in total. The largest absolute Gasteiger partial charge is 0.397 e. The van der Waals surface area contributed by atoms with E-state index in [2.05, 4.69) is 11.4 Å². The number of halogens is 1. The zero-order chi connectivity index (χ0) is 16.0. The van der Waals surface area contributed by atoms with Crippen LogP contribution < -0.4 is 11.1 Å². The molecule has 21 heavy (non-hydrogen) atoms. The predicted octanol–water partition coefficient (Wildman–Crippen LogP) is 2.22. The molecule has 0 aromatic heterocycles. The van der Waals surface area contributed by atoms with E-state index in [-0.39, 0.29) is 17.5 Å². The van der Waals surface area contributed by atoms with E-state index in [1.807, 2.05) is 18.7 Å². The Balaban J connectivity index is 2.75. The van der Waals surface area contributed by atoms with Crippen molar-refractivity contribution in [3.63, 3.8) is 0 Å². The summed E-state index contributed by atoms with van der Waals surface area (Å²) < 4.78 is 13.0. The van der Waals surface area contributed by atoms with E-state index < -0.39 is 11.9 Å². The molecule has 6 heteroatoms. The summed E-state index contributed by atoms with van der Waals surface area (Å²) in [6, 6.07) is 5.58. The molecule has 0 saturated heterocycles. The van der Waals surface area contributed by atoms with Crippen LogP contribution in [0.3, 0.4) is 0 Å². The molecule has 2 atom stereocenters. The number of nitrogen functional groups attached to an aromatic ring is 1. The maximum atomic E-state index is 13.0. The van der Waals surface area contributed by atoms with E-state index in [4.69, 9.17) is 11.0 Å². The zero-order valence-corrected chi connectivity index (χ0v) is 12.6. The van der Waals surface area contributed by atoms with Crippen molar-refractivity contribution in [1.82, 2.24) is 4.90 Å². The Bertz CT molecular complexity index is 541. The smallest absolute Gasteiger partial charge is 0.241 e. The minimum Gasteiger partial charge on any atom is -0.397 e. The van der Waals surface area contributed by atoms with Gasteiger partial charge in [-0.3, -0.25) is 9.69 Å². The number of anilines is 2. The van der Waals surface area contributed by atoms with Crippen molar-refractivity contribution >= 4 is 17.3 Å². The number of hydrogen-bond donors (Lipinski definition) is 2. The van der Waals surface area contributed by atoms with Crippen molar-refractivity contribution in [2.45, 2.75) is 26.8 Å². The van der Waals surface area contributed by atoms with Crippen LogP contribution in [-0.4, -0.2) is 29.9 Å². The average Bonchev–Trinajstić information content (AvgIpc) is 2.46. The molecule has 0 saturated carbocycles. The first-order chi connectivity index (χ1) is 9.88. The van der Waals surface area contributed by atoms with Crippen LogP contribution in [0.15, 0.2) is 18.2 Å². The molecule has 1 aromatic rings. The molecule has 0 bridgehead atoms. The van der Waals surface area contributed by atoms with Crippen molar-refractivity contribution in [1.29, 1.82) is 5.26 Å². The van der Waals surface area contributed by atoms with Crippen LogP contribution in [0.5, 0.6) is 0 Å². The molecule has 0 aliphatic rings. The average molecular weight is 292 g/mol. The van der Waals surface area contributed by atoms with Gasteiger partial charge in [0.1, 0.15) is 5.82 Å². The van der Waals surface area contributed by atoms with Gasteiger partial charge in [-0.15, -0.1) is 0 Å². The van der Waals surface area contributed by atoms with Crippen LogP contribution in [0.4, 0.5) is 15.8 Å². The van der Waals surface area contributed by atoms with Gasteiger partial charge in [-0.2, -0.15) is 5.26 Å².